The summed E-state index contributed by atoms with van der Waals surface area (Å²) >= 11 is 0. The minimum Gasteiger partial charge on any atom is -0.374 e. The van der Waals surface area contributed by atoms with Gasteiger partial charge in [0.15, 0.2) is 0 Å². The van der Waals surface area contributed by atoms with Crippen LogP contribution in [0.2, 0.25) is 0 Å². The molecule has 0 aromatic rings. The molecule has 4 aliphatic carbocycles. The van der Waals surface area contributed by atoms with Crippen LogP contribution in [0.25, 0.3) is 0 Å². The Hall–Kier alpha value is -0.340. The van der Waals surface area contributed by atoms with Crippen molar-refractivity contribution in [2.24, 2.45) is 28.1 Å². The van der Waals surface area contributed by atoms with Crippen LogP contribution in [-0.4, -0.2) is 24.3 Å². The summed E-state index contributed by atoms with van der Waals surface area (Å²) in [6, 6.07) is 1.36. The Kier molecular flexibility index (Phi) is 2.26. The highest BCUT2D eigenvalue weighted by atomic mass is 16.5. The van der Waals surface area contributed by atoms with Gasteiger partial charge in [0.1, 0.15) is 0 Å². The third-order valence-corrected chi connectivity index (χ3v) is 10.2. The highest BCUT2D eigenvalue weighted by molar-refractivity contribution is 5.39. The number of nitrogens with one attached hydrogen (secondary N) is 1. The molecule has 7 aliphatic rings. The number of hydrogen-bond acceptors (Lipinski definition) is 2. The number of hydrogen-bond donors (Lipinski definition) is 1. The van der Waals surface area contributed by atoms with Crippen LogP contribution < -0.4 is 5.32 Å². The predicted molar refractivity (Wildman–Crippen MR) is 91.1 cm³/mol. The summed E-state index contributed by atoms with van der Waals surface area (Å²) < 4.78 is 6.87. The first kappa shape index (κ1) is 13.9. The van der Waals surface area contributed by atoms with Crippen LogP contribution in [0.3, 0.4) is 0 Å². The van der Waals surface area contributed by atoms with Crippen molar-refractivity contribution in [3.63, 3.8) is 0 Å². The van der Waals surface area contributed by atoms with E-state index in [4.69, 9.17) is 4.74 Å². The van der Waals surface area contributed by atoms with Crippen molar-refractivity contribution < 1.29 is 4.74 Å². The molecule has 1 N–H and O–H groups in total. The van der Waals surface area contributed by atoms with Gasteiger partial charge in [-0.05, 0) is 75.5 Å². The molecule has 0 aromatic heterocycles. The summed E-state index contributed by atoms with van der Waals surface area (Å²) in [5, 5.41) is 4.28. The van der Waals surface area contributed by atoms with E-state index >= 15 is 0 Å². The first-order chi connectivity index (χ1) is 11.0. The summed E-state index contributed by atoms with van der Waals surface area (Å²) in [6.07, 6.45) is 11.1. The van der Waals surface area contributed by atoms with Gasteiger partial charge in [-0.15, -0.1) is 0 Å². The molecule has 6 bridgehead atoms. The Morgan fingerprint density at radius 3 is 2.78 bits per heavy atom. The fourth-order valence-corrected chi connectivity index (χ4v) is 9.72. The molecule has 3 spiro atoms. The molecule has 0 unspecified atom stereocenters. The van der Waals surface area contributed by atoms with E-state index in [0.717, 1.165) is 18.6 Å². The van der Waals surface area contributed by atoms with Crippen molar-refractivity contribution in [3.8, 4) is 0 Å². The van der Waals surface area contributed by atoms with Crippen LogP contribution >= 0.6 is 0 Å². The van der Waals surface area contributed by atoms with Crippen molar-refractivity contribution in [2.75, 3.05) is 6.61 Å². The Morgan fingerprint density at radius 1 is 1.09 bits per heavy atom. The van der Waals surface area contributed by atoms with Crippen molar-refractivity contribution in [2.45, 2.75) is 82.9 Å². The molecular formula is C21H31NO. The summed E-state index contributed by atoms with van der Waals surface area (Å²) in [5.41, 5.74) is 2.97. The van der Waals surface area contributed by atoms with E-state index in [2.05, 4.69) is 25.7 Å². The van der Waals surface area contributed by atoms with Crippen LogP contribution in [0.4, 0.5) is 0 Å². The molecule has 2 heteroatoms. The molecule has 126 valence electrons. The number of piperidine rings is 2. The second-order valence-corrected chi connectivity index (χ2v) is 10.1. The first-order valence-electron chi connectivity index (χ1n) is 10.1. The maximum Gasteiger partial charge on any atom is 0.0830 e. The summed E-state index contributed by atoms with van der Waals surface area (Å²) in [4.78, 5) is 0. The zero-order valence-corrected chi connectivity index (χ0v) is 14.8. The van der Waals surface area contributed by atoms with Crippen LogP contribution in [-0.2, 0) is 4.74 Å². The molecule has 7 fully saturated rings. The third-order valence-electron chi connectivity index (χ3n) is 10.2. The standard InChI is InChI=1S/C21H31NO/c1-13(2)14-5-9-18(3)15-6-10-19-7-4-8-21(19)20(18,11-12-23-21)16(14)22-17(15)19/h14-17,22H,1,4-12H2,2-3H3/t14-,15+,16-,17-,18+,19+,20+,21+/m1/s1. The maximum absolute atomic E-state index is 6.87. The van der Waals surface area contributed by atoms with Crippen LogP contribution in [0, 0.1) is 28.1 Å². The van der Waals surface area contributed by atoms with Crippen molar-refractivity contribution in [3.05, 3.63) is 12.2 Å². The quantitative estimate of drug-likeness (QED) is 0.737. The summed E-state index contributed by atoms with van der Waals surface area (Å²) in [6.45, 7) is 10.4. The topological polar surface area (TPSA) is 21.3 Å². The van der Waals surface area contributed by atoms with Gasteiger partial charge < -0.3 is 10.1 Å². The van der Waals surface area contributed by atoms with Crippen LogP contribution in [0.5, 0.6) is 0 Å². The number of rotatable bonds is 1. The van der Waals surface area contributed by atoms with Crippen molar-refractivity contribution in [1.29, 1.82) is 0 Å². The molecule has 0 amide bonds. The van der Waals surface area contributed by atoms with Gasteiger partial charge in [0.25, 0.3) is 0 Å². The lowest BCUT2D eigenvalue weighted by Gasteiger charge is -2.76. The van der Waals surface area contributed by atoms with Gasteiger partial charge in [-0.3, -0.25) is 0 Å². The Bertz CT molecular complexity index is 611. The zero-order chi connectivity index (χ0) is 15.7. The molecular weight excluding hydrogens is 282 g/mol. The fraction of sp³-hybridized carbons (Fsp3) is 0.905. The first-order valence-corrected chi connectivity index (χ1v) is 10.1. The normalized spacial score (nSPS) is 64.8. The Balaban J connectivity index is 1.66. The van der Waals surface area contributed by atoms with Gasteiger partial charge in [0.05, 0.1) is 5.60 Å². The van der Waals surface area contributed by atoms with Gasteiger partial charge in [0, 0.05) is 29.5 Å². The molecule has 4 saturated carbocycles. The molecule has 7 rings (SSSR count). The van der Waals surface area contributed by atoms with E-state index in [9.17, 15) is 0 Å². The predicted octanol–water partition coefficient (Wildman–Crippen LogP) is 4.06. The van der Waals surface area contributed by atoms with Crippen LogP contribution in [0.1, 0.15) is 65.2 Å². The Labute approximate surface area is 140 Å². The second-order valence-electron chi connectivity index (χ2n) is 10.1. The zero-order valence-electron chi connectivity index (χ0n) is 14.8. The molecule has 0 radical (unpaired) electrons. The average Bonchev–Trinajstić information content (AvgIpc) is 3.16. The molecule has 3 aliphatic heterocycles. The SMILES string of the molecule is C=C(C)[C@H]1CC[C@@]2(C)[C@H]3CC[C@]45CCC[C@]46OCC[C@@]62[C@@H]1N[C@H]35. The average molecular weight is 313 g/mol. The minimum absolute atomic E-state index is 0.205. The number of ether oxygens (including phenoxy) is 1. The second kappa shape index (κ2) is 3.75. The summed E-state index contributed by atoms with van der Waals surface area (Å²) in [7, 11) is 0. The van der Waals surface area contributed by atoms with E-state index in [-0.39, 0.29) is 5.60 Å². The molecule has 2 nitrogen and oxygen atoms in total. The van der Waals surface area contributed by atoms with E-state index in [1.807, 2.05) is 0 Å². The third kappa shape index (κ3) is 1.07. The molecule has 23 heavy (non-hydrogen) atoms. The van der Waals surface area contributed by atoms with Crippen LogP contribution in [0.15, 0.2) is 12.2 Å². The van der Waals surface area contributed by atoms with Gasteiger partial charge in [-0.25, -0.2) is 0 Å². The van der Waals surface area contributed by atoms with Gasteiger partial charge >= 0.3 is 0 Å². The fourth-order valence-electron chi connectivity index (χ4n) is 9.72. The van der Waals surface area contributed by atoms with E-state index in [1.165, 1.54) is 56.9 Å². The van der Waals surface area contributed by atoms with Gasteiger partial charge in [-0.1, -0.05) is 19.1 Å². The lowest BCUT2D eigenvalue weighted by molar-refractivity contribution is -0.290. The smallest absolute Gasteiger partial charge is 0.0830 e. The Morgan fingerprint density at radius 2 is 1.96 bits per heavy atom. The summed E-state index contributed by atoms with van der Waals surface area (Å²) in [5.74, 6) is 1.57. The minimum atomic E-state index is 0.205. The molecule has 8 atom stereocenters. The van der Waals surface area contributed by atoms with Gasteiger partial charge in [-0.2, -0.15) is 0 Å². The van der Waals surface area contributed by atoms with E-state index in [0.29, 0.717) is 28.2 Å². The molecule has 0 aromatic carbocycles. The largest absolute Gasteiger partial charge is 0.374 e. The molecule has 3 heterocycles. The lowest BCUT2D eigenvalue weighted by Crippen LogP contribution is -2.85. The van der Waals surface area contributed by atoms with E-state index in [1.54, 1.807) is 0 Å². The maximum atomic E-state index is 6.87. The highest BCUT2D eigenvalue weighted by Crippen LogP contribution is 2.84. The molecule has 3 saturated heterocycles. The lowest BCUT2D eigenvalue weighted by atomic mass is 9.33. The van der Waals surface area contributed by atoms with Crippen molar-refractivity contribution in [1.82, 2.24) is 5.32 Å². The van der Waals surface area contributed by atoms with E-state index < -0.39 is 0 Å². The van der Waals surface area contributed by atoms with Gasteiger partial charge in [0.2, 0.25) is 0 Å². The highest BCUT2D eigenvalue weighted by Gasteiger charge is 2.87. The monoisotopic (exact) mass is 313 g/mol. The van der Waals surface area contributed by atoms with Crippen molar-refractivity contribution >= 4 is 0 Å².